The van der Waals surface area contributed by atoms with E-state index >= 15 is 0 Å². The third-order valence-electron chi connectivity index (χ3n) is 4.52. The van der Waals surface area contributed by atoms with Crippen molar-refractivity contribution in [3.8, 4) is 0 Å². The zero-order valence-electron chi connectivity index (χ0n) is 13.3. The smallest absolute Gasteiger partial charge is 0.322 e. The lowest BCUT2D eigenvalue weighted by atomic mass is 9.73. The first kappa shape index (κ1) is 17.5. The van der Waals surface area contributed by atoms with Gasteiger partial charge in [0, 0.05) is 17.2 Å². The van der Waals surface area contributed by atoms with Crippen molar-refractivity contribution < 1.29 is 18.3 Å². The van der Waals surface area contributed by atoms with E-state index in [1.54, 1.807) is 20.8 Å². The Hall–Kier alpha value is -1.83. The van der Waals surface area contributed by atoms with Gasteiger partial charge in [-0.05, 0) is 26.0 Å². The average Bonchev–Trinajstić information content (AvgIpc) is 2.47. The Labute approximate surface area is 137 Å². The first-order valence-corrected chi connectivity index (χ1v) is 7.75. The number of amidine groups is 1. The Bertz CT molecular complexity index is 698. The molecule has 1 aromatic rings. The average molecular weight is 343 g/mol. The number of carbonyl (C=O) groups is 1. The summed E-state index contributed by atoms with van der Waals surface area (Å²) in [6.45, 7) is 4.97. The minimum Gasteiger partial charge on any atom is -0.468 e. The Morgan fingerprint density at radius 3 is 2.52 bits per heavy atom. The summed E-state index contributed by atoms with van der Waals surface area (Å²) in [7, 11) is 1.26. The molecular formula is C15H19F2N3O2S. The van der Waals surface area contributed by atoms with Gasteiger partial charge in [0.15, 0.2) is 16.8 Å². The first-order valence-electron chi connectivity index (χ1n) is 6.94. The number of hydrogen-bond donors (Lipinski definition) is 2. The van der Waals surface area contributed by atoms with Gasteiger partial charge in [0.25, 0.3) is 0 Å². The highest BCUT2D eigenvalue weighted by Crippen LogP contribution is 2.51. The molecule has 1 unspecified atom stereocenters. The summed E-state index contributed by atoms with van der Waals surface area (Å²) in [5, 5.41) is 0.0979. The van der Waals surface area contributed by atoms with Gasteiger partial charge in [0.1, 0.15) is 4.75 Å². The predicted molar refractivity (Wildman–Crippen MR) is 86.9 cm³/mol. The van der Waals surface area contributed by atoms with Crippen molar-refractivity contribution in [3.05, 3.63) is 29.3 Å². The number of carbonyl (C=O) groups excluding carboxylic acids is 1. The molecule has 2 rings (SSSR count). The highest BCUT2D eigenvalue weighted by molar-refractivity contribution is 8.15. The topological polar surface area (TPSA) is 90.7 Å². The van der Waals surface area contributed by atoms with E-state index in [2.05, 4.69) is 4.99 Å². The molecule has 1 aliphatic rings. The second kappa shape index (κ2) is 5.67. The number of nitrogen functional groups attached to an aromatic ring is 1. The molecule has 0 aromatic heterocycles. The lowest BCUT2D eigenvalue weighted by Crippen LogP contribution is -2.53. The van der Waals surface area contributed by atoms with Crippen molar-refractivity contribution in [3.63, 3.8) is 0 Å². The molecular weight excluding hydrogens is 324 g/mol. The van der Waals surface area contributed by atoms with Crippen LogP contribution in [0, 0.1) is 17.6 Å². The number of esters is 1. The Kier molecular flexibility index (Phi) is 4.32. The molecule has 4 N–H and O–H groups in total. The second-order valence-electron chi connectivity index (χ2n) is 5.88. The van der Waals surface area contributed by atoms with Crippen LogP contribution in [0.15, 0.2) is 17.1 Å². The maximum absolute atomic E-state index is 14.4. The summed E-state index contributed by atoms with van der Waals surface area (Å²) >= 11 is 1.05. The zero-order valence-corrected chi connectivity index (χ0v) is 14.1. The van der Waals surface area contributed by atoms with Crippen LogP contribution in [-0.2, 0) is 15.1 Å². The SMILES string of the molecule is COC(=O)[C@@]1(C)SC(N)=N[C@](C)(c2cc(N)cc(F)c2F)C1C. The Morgan fingerprint density at radius 2 is 1.96 bits per heavy atom. The van der Waals surface area contributed by atoms with E-state index in [1.807, 2.05) is 0 Å². The lowest BCUT2D eigenvalue weighted by molar-refractivity contribution is -0.145. The summed E-state index contributed by atoms with van der Waals surface area (Å²) in [4.78, 5) is 16.5. The molecule has 0 spiro atoms. The molecule has 0 saturated heterocycles. The summed E-state index contributed by atoms with van der Waals surface area (Å²) in [5.74, 6) is -3.16. The van der Waals surface area contributed by atoms with Gasteiger partial charge < -0.3 is 16.2 Å². The van der Waals surface area contributed by atoms with E-state index in [0.717, 1.165) is 17.8 Å². The fraction of sp³-hybridized carbons (Fsp3) is 0.467. The van der Waals surface area contributed by atoms with Gasteiger partial charge >= 0.3 is 5.97 Å². The van der Waals surface area contributed by atoms with Crippen molar-refractivity contribution in [1.82, 2.24) is 0 Å². The van der Waals surface area contributed by atoms with Crippen LogP contribution in [0.4, 0.5) is 14.5 Å². The normalized spacial score (nSPS) is 30.7. The summed E-state index contributed by atoms with van der Waals surface area (Å²) < 4.78 is 31.9. The number of nitrogens with two attached hydrogens (primary N) is 2. The molecule has 0 aliphatic carbocycles. The number of halogens is 2. The largest absolute Gasteiger partial charge is 0.468 e. The van der Waals surface area contributed by atoms with E-state index < -0.39 is 33.8 Å². The number of hydrogen-bond acceptors (Lipinski definition) is 6. The molecule has 0 saturated carbocycles. The molecule has 1 heterocycles. The summed E-state index contributed by atoms with van der Waals surface area (Å²) in [6, 6.07) is 2.22. The van der Waals surface area contributed by atoms with Crippen molar-refractivity contribution in [2.24, 2.45) is 16.6 Å². The number of thioether (sulfide) groups is 1. The second-order valence-corrected chi connectivity index (χ2v) is 7.35. The number of benzene rings is 1. The highest BCUT2D eigenvalue weighted by atomic mass is 32.2. The summed E-state index contributed by atoms with van der Waals surface area (Å²) in [6.07, 6.45) is 0. The van der Waals surface area contributed by atoms with Gasteiger partial charge in [-0.25, -0.2) is 8.78 Å². The quantitative estimate of drug-likeness (QED) is 0.635. The minimum atomic E-state index is -1.27. The summed E-state index contributed by atoms with van der Waals surface area (Å²) in [5.41, 5.74) is 10.3. The standard InChI is InChI=1S/C15H19F2N3O2S/c1-7-14(2,9-5-8(18)6-10(16)11(9)17)20-13(19)23-15(7,3)12(21)22-4/h5-7H,18H2,1-4H3,(H2,19,20)/t7?,14-,15-/m0/s1. The van der Waals surface area contributed by atoms with Crippen molar-refractivity contribution >= 4 is 28.6 Å². The fourth-order valence-corrected chi connectivity index (χ4v) is 4.13. The predicted octanol–water partition coefficient (Wildman–Crippen LogP) is 2.39. The lowest BCUT2D eigenvalue weighted by Gasteiger charge is -2.45. The first-order chi connectivity index (χ1) is 10.6. The molecule has 0 amide bonds. The van der Waals surface area contributed by atoms with Gasteiger partial charge in [0.2, 0.25) is 0 Å². The number of ether oxygens (including phenoxy) is 1. The molecule has 0 fully saturated rings. The molecule has 5 nitrogen and oxygen atoms in total. The van der Waals surface area contributed by atoms with E-state index in [-0.39, 0.29) is 16.4 Å². The molecule has 23 heavy (non-hydrogen) atoms. The van der Waals surface area contributed by atoms with E-state index in [9.17, 15) is 13.6 Å². The fourth-order valence-electron chi connectivity index (χ4n) is 2.88. The van der Waals surface area contributed by atoms with E-state index in [4.69, 9.17) is 16.2 Å². The molecule has 1 aliphatic heterocycles. The van der Waals surface area contributed by atoms with E-state index in [1.165, 1.54) is 13.2 Å². The van der Waals surface area contributed by atoms with E-state index in [0.29, 0.717) is 0 Å². The molecule has 1 aromatic carbocycles. The Balaban J connectivity index is 2.69. The van der Waals surface area contributed by atoms with Crippen molar-refractivity contribution in [2.45, 2.75) is 31.1 Å². The zero-order chi connectivity index (χ0) is 17.6. The van der Waals surface area contributed by atoms with Crippen LogP contribution in [0.3, 0.4) is 0 Å². The van der Waals surface area contributed by atoms with Crippen LogP contribution in [0.1, 0.15) is 26.3 Å². The van der Waals surface area contributed by atoms with Gasteiger partial charge in [-0.2, -0.15) is 0 Å². The molecule has 3 atom stereocenters. The number of nitrogens with zero attached hydrogens (tertiary/aromatic N) is 1. The number of methoxy groups -OCH3 is 1. The number of rotatable bonds is 2. The van der Waals surface area contributed by atoms with Gasteiger partial charge in [-0.3, -0.25) is 9.79 Å². The van der Waals surface area contributed by atoms with Crippen LogP contribution >= 0.6 is 11.8 Å². The number of aliphatic imine (C=N–C) groups is 1. The minimum absolute atomic E-state index is 0.0409. The van der Waals surface area contributed by atoms with Crippen molar-refractivity contribution in [2.75, 3.05) is 12.8 Å². The van der Waals surface area contributed by atoms with Crippen molar-refractivity contribution in [1.29, 1.82) is 0 Å². The van der Waals surface area contributed by atoms with Gasteiger partial charge in [-0.15, -0.1) is 0 Å². The molecule has 126 valence electrons. The third-order valence-corrected chi connectivity index (χ3v) is 5.76. The van der Waals surface area contributed by atoms with Crippen LogP contribution in [0.25, 0.3) is 0 Å². The van der Waals surface area contributed by atoms with Gasteiger partial charge in [-0.1, -0.05) is 18.7 Å². The Morgan fingerprint density at radius 1 is 1.35 bits per heavy atom. The molecule has 0 bridgehead atoms. The maximum atomic E-state index is 14.4. The van der Waals surface area contributed by atoms with Gasteiger partial charge in [0.05, 0.1) is 12.6 Å². The monoisotopic (exact) mass is 343 g/mol. The highest BCUT2D eigenvalue weighted by Gasteiger charge is 2.54. The molecule has 8 heteroatoms. The third kappa shape index (κ3) is 2.65. The van der Waals surface area contributed by atoms with Crippen LogP contribution in [-0.4, -0.2) is 23.0 Å². The molecule has 0 radical (unpaired) electrons. The number of anilines is 1. The van der Waals surface area contributed by atoms with Crippen LogP contribution < -0.4 is 11.5 Å². The van der Waals surface area contributed by atoms with Crippen LogP contribution in [0.2, 0.25) is 0 Å². The maximum Gasteiger partial charge on any atom is 0.322 e. The van der Waals surface area contributed by atoms with Crippen LogP contribution in [0.5, 0.6) is 0 Å².